The summed E-state index contributed by atoms with van der Waals surface area (Å²) < 4.78 is 36.2. The summed E-state index contributed by atoms with van der Waals surface area (Å²) in [4.78, 5) is 12.2. The molecule has 8 heteroatoms. The van der Waals surface area contributed by atoms with Gasteiger partial charge in [-0.05, 0) is 25.0 Å². The van der Waals surface area contributed by atoms with Crippen LogP contribution in [0.2, 0.25) is 0 Å². The van der Waals surface area contributed by atoms with E-state index in [4.69, 9.17) is 9.47 Å². The highest BCUT2D eigenvalue weighted by Crippen LogP contribution is 2.34. The van der Waals surface area contributed by atoms with Crippen LogP contribution in [0.1, 0.15) is 38.5 Å². The van der Waals surface area contributed by atoms with Gasteiger partial charge in [-0.3, -0.25) is 4.79 Å². The van der Waals surface area contributed by atoms with Crippen LogP contribution in [-0.2, 0) is 14.8 Å². The molecular weight excluding hydrogens is 344 g/mol. The maximum Gasteiger partial charge on any atom is 0.231 e. The zero-order chi connectivity index (χ0) is 17.9. The number of rotatable bonds is 6. The number of fused-ring (bicyclic) bond motifs is 1. The minimum Gasteiger partial charge on any atom is -0.454 e. The predicted octanol–water partition coefficient (Wildman–Crippen LogP) is 2.34. The molecule has 0 bridgehead atoms. The highest BCUT2D eigenvalue weighted by Gasteiger charge is 2.28. The van der Waals surface area contributed by atoms with Crippen molar-refractivity contribution < 1.29 is 22.7 Å². The molecule has 0 aromatic heterocycles. The summed E-state index contributed by atoms with van der Waals surface area (Å²) in [5, 5.41) is 2.79. The second-order valence-electron chi connectivity index (χ2n) is 6.53. The maximum absolute atomic E-state index is 12.2. The van der Waals surface area contributed by atoms with Gasteiger partial charge in [-0.2, -0.15) is 4.31 Å². The molecule has 0 unspecified atom stereocenters. The molecule has 0 atom stereocenters. The topological polar surface area (TPSA) is 84.9 Å². The fraction of sp³-hybridized carbons (Fsp3) is 0.588. The molecule has 0 spiro atoms. The van der Waals surface area contributed by atoms with E-state index in [2.05, 4.69) is 5.32 Å². The van der Waals surface area contributed by atoms with Crippen LogP contribution >= 0.6 is 0 Å². The number of hydrogen-bond acceptors (Lipinski definition) is 5. The third-order valence-corrected chi connectivity index (χ3v) is 5.96. The highest BCUT2D eigenvalue weighted by molar-refractivity contribution is 7.88. The van der Waals surface area contributed by atoms with Crippen LogP contribution < -0.4 is 14.8 Å². The molecule has 1 aliphatic heterocycles. The third-order valence-electron chi connectivity index (χ3n) is 4.62. The van der Waals surface area contributed by atoms with E-state index >= 15 is 0 Å². The molecule has 7 nitrogen and oxygen atoms in total. The Balaban J connectivity index is 1.57. The lowest BCUT2D eigenvalue weighted by molar-refractivity contribution is -0.116. The zero-order valence-electron chi connectivity index (χ0n) is 14.4. The average Bonchev–Trinajstić information content (AvgIpc) is 3.02. The van der Waals surface area contributed by atoms with E-state index in [1.807, 2.05) is 0 Å². The van der Waals surface area contributed by atoms with Crippen LogP contribution in [0.15, 0.2) is 18.2 Å². The van der Waals surface area contributed by atoms with Crippen molar-refractivity contribution in [2.24, 2.45) is 0 Å². The van der Waals surface area contributed by atoms with Crippen molar-refractivity contribution in [1.29, 1.82) is 0 Å². The maximum atomic E-state index is 12.2. The van der Waals surface area contributed by atoms with Gasteiger partial charge in [0.15, 0.2) is 11.5 Å². The summed E-state index contributed by atoms with van der Waals surface area (Å²) in [5.74, 6) is 1.03. The fourth-order valence-electron chi connectivity index (χ4n) is 3.40. The van der Waals surface area contributed by atoms with Crippen molar-refractivity contribution in [2.75, 3.05) is 24.9 Å². The molecule has 25 heavy (non-hydrogen) atoms. The lowest BCUT2D eigenvalue weighted by Gasteiger charge is -2.32. The zero-order valence-corrected chi connectivity index (χ0v) is 15.2. The largest absolute Gasteiger partial charge is 0.454 e. The van der Waals surface area contributed by atoms with Crippen molar-refractivity contribution in [3.05, 3.63) is 18.2 Å². The summed E-state index contributed by atoms with van der Waals surface area (Å²) in [6.07, 6.45) is 6.32. The number of amides is 1. The number of ether oxygens (including phenoxy) is 2. The summed E-state index contributed by atoms with van der Waals surface area (Å²) in [6, 6.07) is 5.20. The number of sulfonamides is 1. The van der Waals surface area contributed by atoms with Gasteiger partial charge in [-0.15, -0.1) is 0 Å². The van der Waals surface area contributed by atoms with Crippen LogP contribution in [0.3, 0.4) is 0 Å². The molecule has 2 aliphatic rings. The molecular formula is C17H24N2O5S. The second-order valence-corrected chi connectivity index (χ2v) is 8.47. The van der Waals surface area contributed by atoms with Gasteiger partial charge in [-0.25, -0.2) is 8.42 Å². The Morgan fingerprint density at radius 3 is 2.64 bits per heavy atom. The summed E-state index contributed by atoms with van der Waals surface area (Å²) in [7, 11) is -3.32. The van der Waals surface area contributed by atoms with Gasteiger partial charge >= 0.3 is 0 Å². The smallest absolute Gasteiger partial charge is 0.231 e. The van der Waals surface area contributed by atoms with Gasteiger partial charge in [0.25, 0.3) is 0 Å². The van der Waals surface area contributed by atoms with Crippen molar-refractivity contribution in [3.63, 3.8) is 0 Å². The number of nitrogens with one attached hydrogen (secondary N) is 1. The normalized spacial score (nSPS) is 17.7. The standard InChI is InChI=1S/C17H24N2O5S/c1-25(21,22)19(14-5-3-2-4-6-14)10-9-17(20)18-13-7-8-15-16(11-13)24-12-23-15/h7-8,11,14H,2-6,9-10,12H2,1H3,(H,18,20). The molecule has 3 rings (SSSR count). The minimum absolute atomic E-state index is 0.0158. The molecule has 0 saturated heterocycles. The Hall–Kier alpha value is -1.80. The molecule has 1 amide bonds. The number of hydrogen-bond donors (Lipinski definition) is 1. The Morgan fingerprint density at radius 2 is 1.92 bits per heavy atom. The van der Waals surface area contributed by atoms with Crippen LogP contribution in [-0.4, -0.2) is 44.3 Å². The predicted molar refractivity (Wildman–Crippen MR) is 94.2 cm³/mol. The van der Waals surface area contributed by atoms with Gasteiger partial charge in [-0.1, -0.05) is 19.3 Å². The van der Waals surface area contributed by atoms with E-state index in [1.165, 1.54) is 10.6 Å². The van der Waals surface area contributed by atoms with Crippen molar-refractivity contribution in [2.45, 2.75) is 44.6 Å². The Kier molecular flexibility index (Phi) is 5.48. The first-order chi connectivity index (χ1) is 11.9. The Bertz CT molecular complexity index is 729. The van der Waals surface area contributed by atoms with Crippen LogP contribution in [0.4, 0.5) is 5.69 Å². The summed E-state index contributed by atoms with van der Waals surface area (Å²) >= 11 is 0. The minimum atomic E-state index is -3.32. The lowest BCUT2D eigenvalue weighted by Crippen LogP contribution is -2.42. The molecule has 1 N–H and O–H groups in total. The quantitative estimate of drug-likeness (QED) is 0.833. The fourth-order valence-corrected chi connectivity index (χ4v) is 4.57. The van der Waals surface area contributed by atoms with E-state index in [-0.39, 0.29) is 31.7 Å². The van der Waals surface area contributed by atoms with E-state index in [1.54, 1.807) is 18.2 Å². The summed E-state index contributed by atoms with van der Waals surface area (Å²) in [5.41, 5.74) is 0.609. The highest BCUT2D eigenvalue weighted by atomic mass is 32.2. The van der Waals surface area contributed by atoms with Crippen molar-refractivity contribution in [3.8, 4) is 11.5 Å². The second kappa shape index (κ2) is 7.61. The molecule has 1 aromatic carbocycles. The van der Waals surface area contributed by atoms with Crippen molar-refractivity contribution in [1.82, 2.24) is 4.31 Å². The molecule has 1 aliphatic carbocycles. The molecule has 0 radical (unpaired) electrons. The van der Waals surface area contributed by atoms with Gasteiger partial charge in [0.1, 0.15) is 0 Å². The van der Waals surface area contributed by atoms with E-state index < -0.39 is 10.0 Å². The van der Waals surface area contributed by atoms with E-state index in [0.717, 1.165) is 32.1 Å². The SMILES string of the molecule is CS(=O)(=O)N(CCC(=O)Nc1ccc2c(c1)OCO2)C1CCCCC1. The molecule has 138 valence electrons. The monoisotopic (exact) mass is 368 g/mol. The van der Waals surface area contributed by atoms with Crippen LogP contribution in [0.25, 0.3) is 0 Å². The van der Waals surface area contributed by atoms with Gasteiger partial charge in [0, 0.05) is 30.8 Å². The summed E-state index contributed by atoms with van der Waals surface area (Å²) in [6.45, 7) is 0.386. The number of carbonyl (C=O) groups excluding carboxylic acids is 1. The molecule has 1 heterocycles. The number of nitrogens with zero attached hydrogens (tertiary/aromatic N) is 1. The van der Waals surface area contributed by atoms with Gasteiger partial charge < -0.3 is 14.8 Å². The number of anilines is 1. The molecule has 1 fully saturated rings. The van der Waals surface area contributed by atoms with Gasteiger partial charge in [0.05, 0.1) is 6.26 Å². The molecule has 1 aromatic rings. The van der Waals surface area contributed by atoms with Crippen LogP contribution in [0.5, 0.6) is 11.5 Å². The first kappa shape index (κ1) is 18.0. The molecule has 1 saturated carbocycles. The van der Waals surface area contributed by atoms with Crippen LogP contribution in [0, 0.1) is 0 Å². The Labute approximate surface area is 148 Å². The number of benzene rings is 1. The van der Waals surface area contributed by atoms with E-state index in [0.29, 0.717) is 17.2 Å². The van der Waals surface area contributed by atoms with Gasteiger partial charge in [0.2, 0.25) is 22.7 Å². The average molecular weight is 368 g/mol. The van der Waals surface area contributed by atoms with Crippen molar-refractivity contribution >= 4 is 21.6 Å². The van der Waals surface area contributed by atoms with E-state index in [9.17, 15) is 13.2 Å². The Morgan fingerprint density at radius 1 is 1.20 bits per heavy atom. The first-order valence-electron chi connectivity index (χ1n) is 8.60. The third kappa shape index (κ3) is 4.64. The number of carbonyl (C=O) groups is 1. The first-order valence-corrected chi connectivity index (χ1v) is 10.4. The lowest BCUT2D eigenvalue weighted by atomic mass is 9.95.